The number of carbonyl (C=O) groups is 1. The number of benzene rings is 1. The van der Waals surface area contributed by atoms with Gasteiger partial charge in [0.1, 0.15) is 5.65 Å². The van der Waals surface area contributed by atoms with Crippen molar-refractivity contribution in [3.05, 3.63) is 59.4 Å². The van der Waals surface area contributed by atoms with E-state index in [0.29, 0.717) is 5.56 Å². The summed E-state index contributed by atoms with van der Waals surface area (Å²) in [5.41, 5.74) is 4.33. The standard InChI is InChI=1S/C16H15N3O/c1-10-5-6-11(2)14(8-10)19-16(20)13-9-18-15-12(13)4-3-7-17-15/h3-9H,1-2H3,(H,17,18)(H,19,20). The number of rotatable bonds is 2. The molecule has 0 aliphatic heterocycles. The lowest BCUT2D eigenvalue weighted by Gasteiger charge is -2.08. The second kappa shape index (κ2) is 4.81. The number of H-pyrrole nitrogens is 1. The zero-order chi connectivity index (χ0) is 14.1. The minimum atomic E-state index is -0.127. The Hall–Kier alpha value is -2.62. The van der Waals surface area contributed by atoms with Crippen LogP contribution >= 0.6 is 0 Å². The fourth-order valence-electron chi connectivity index (χ4n) is 2.20. The first-order chi connectivity index (χ1) is 9.65. The maximum atomic E-state index is 12.4. The van der Waals surface area contributed by atoms with E-state index >= 15 is 0 Å². The molecule has 2 heterocycles. The summed E-state index contributed by atoms with van der Waals surface area (Å²) in [6, 6.07) is 9.71. The van der Waals surface area contributed by atoms with Crippen LogP contribution in [0.3, 0.4) is 0 Å². The third-order valence-corrected chi connectivity index (χ3v) is 3.34. The average Bonchev–Trinajstić information content (AvgIpc) is 2.87. The first-order valence-corrected chi connectivity index (χ1v) is 6.46. The third kappa shape index (κ3) is 2.16. The summed E-state index contributed by atoms with van der Waals surface area (Å²) in [7, 11) is 0. The molecule has 0 atom stereocenters. The minimum absolute atomic E-state index is 0.127. The van der Waals surface area contributed by atoms with Crippen molar-refractivity contribution in [2.75, 3.05) is 5.32 Å². The number of aromatic amines is 1. The minimum Gasteiger partial charge on any atom is -0.345 e. The van der Waals surface area contributed by atoms with E-state index in [1.165, 1.54) is 0 Å². The van der Waals surface area contributed by atoms with E-state index in [1.807, 2.05) is 44.2 Å². The molecule has 20 heavy (non-hydrogen) atoms. The van der Waals surface area contributed by atoms with Crippen molar-refractivity contribution in [3.63, 3.8) is 0 Å². The molecular formula is C16H15N3O. The van der Waals surface area contributed by atoms with Crippen molar-refractivity contribution in [1.29, 1.82) is 0 Å². The number of hydrogen-bond acceptors (Lipinski definition) is 2. The van der Waals surface area contributed by atoms with Crippen molar-refractivity contribution < 1.29 is 4.79 Å². The van der Waals surface area contributed by atoms with Gasteiger partial charge in [0.15, 0.2) is 0 Å². The van der Waals surface area contributed by atoms with Gasteiger partial charge in [-0.1, -0.05) is 12.1 Å². The van der Waals surface area contributed by atoms with Crippen LogP contribution in [0.2, 0.25) is 0 Å². The maximum absolute atomic E-state index is 12.4. The van der Waals surface area contributed by atoms with Crippen LogP contribution in [-0.2, 0) is 0 Å². The van der Waals surface area contributed by atoms with Crippen LogP contribution in [0.4, 0.5) is 5.69 Å². The van der Waals surface area contributed by atoms with Gasteiger partial charge in [-0.3, -0.25) is 4.79 Å². The topological polar surface area (TPSA) is 57.8 Å². The predicted octanol–water partition coefficient (Wildman–Crippen LogP) is 3.43. The highest BCUT2D eigenvalue weighted by molar-refractivity contribution is 6.12. The van der Waals surface area contributed by atoms with Crippen LogP contribution in [-0.4, -0.2) is 15.9 Å². The number of fused-ring (bicyclic) bond motifs is 1. The summed E-state index contributed by atoms with van der Waals surface area (Å²) in [4.78, 5) is 19.6. The number of carbonyl (C=O) groups excluding carboxylic acids is 1. The molecule has 0 saturated heterocycles. The molecule has 100 valence electrons. The van der Waals surface area contributed by atoms with Crippen molar-refractivity contribution >= 4 is 22.6 Å². The molecule has 2 aromatic heterocycles. The van der Waals surface area contributed by atoms with E-state index in [1.54, 1.807) is 12.4 Å². The highest BCUT2D eigenvalue weighted by Crippen LogP contribution is 2.20. The molecule has 4 nitrogen and oxygen atoms in total. The van der Waals surface area contributed by atoms with Gasteiger partial charge in [-0.05, 0) is 43.2 Å². The molecule has 1 aromatic carbocycles. The largest absolute Gasteiger partial charge is 0.345 e. The molecule has 0 spiro atoms. The number of nitrogens with zero attached hydrogens (tertiary/aromatic N) is 1. The van der Waals surface area contributed by atoms with Crippen LogP contribution in [0, 0.1) is 13.8 Å². The van der Waals surface area contributed by atoms with Crippen LogP contribution in [0.5, 0.6) is 0 Å². The molecule has 0 saturated carbocycles. The summed E-state index contributed by atoms with van der Waals surface area (Å²) in [5.74, 6) is -0.127. The summed E-state index contributed by atoms with van der Waals surface area (Å²) < 4.78 is 0. The van der Waals surface area contributed by atoms with E-state index in [2.05, 4.69) is 15.3 Å². The Morgan fingerprint density at radius 3 is 2.95 bits per heavy atom. The number of aryl methyl sites for hydroxylation is 2. The van der Waals surface area contributed by atoms with E-state index in [-0.39, 0.29) is 5.91 Å². The number of pyridine rings is 1. The monoisotopic (exact) mass is 265 g/mol. The highest BCUT2D eigenvalue weighted by atomic mass is 16.1. The van der Waals surface area contributed by atoms with E-state index in [4.69, 9.17) is 0 Å². The SMILES string of the molecule is Cc1ccc(C)c(NC(=O)c2c[nH]c3ncccc23)c1. The van der Waals surface area contributed by atoms with E-state index < -0.39 is 0 Å². The summed E-state index contributed by atoms with van der Waals surface area (Å²) in [6.45, 7) is 3.98. The zero-order valence-corrected chi connectivity index (χ0v) is 11.4. The number of amides is 1. The molecule has 3 aromatic rings. The van der Waals surface area contributed by atoms with Crippen LogP contribution < -0.4 is 5.32 Å². The van der Waals surface area contributed by atoms with Gasteiger partial charge in [0.25, 0.3) is 5.91 Å². The fraction of sp³-hybridized carbons (Fsp3) is 0.125. The van der Waals surface area contributed by atoms with Crippen molar-refractivity contribution in [3.8, 4) is 0 Å². The smallest absolute Gasteiger partial charge is 0.257 e. The average molecular weight is 265 g/mol. The number of hydrogen-bond donors (Lipinski definition) is 2. The summed E-state index contributed by atoms with van der Waals surface area (Å²) in [6.07, 6.45) is 3.39. The molecule has 0 radical (unpaired) electrons. The molecule has 0 aliphatic rings. The summed E-state index contributed by atoms with van der Waals surface area (Å²) in [5, 5.41) is 3.79. The van der Waals surface area contributed by atoms with Crippen molar-refractivity contribution in [2.24, 2.45) is 0 Å². The molecular weight excluding hydrogens is 250 g/mol. The molecule has 0 unspecified atom stereocenters. The second-order valence-electron chi connectivity index (χ2n) is 4.87. The third-order valence-electron chi connectivity index (χ3n) is 3.34. The Kier molecular flexibility index (Phi) is 2.99. The Labute approximate surface area is 116 Å². The van der Waals surface area contributed by atoms with Crippen LogP contribution in [0.15, 0.2) is 42.7 Å². The van der Waals surface area contributed by atoms with E-state index in [9.17, 15) is 4.79 Å². The Morgan fingerprint density at radius 2 is 2.10 bits per heavy atom. The van der Waals surface area contributed by atoms with Gasteiger partial charge in [0.05, 0.1) is 5.56 Å². The maximum Gasteiger partial charge on any atom is 0.257 e. The lowest BCUT2D eigenvalue weighted by molar-refractivity contribution is 0.102. The molecule has 0 bridgehead atoms. The fourth-order valence-corrected chi connectivity index (χ4v) is 2.20. The van der Waals surface area contributed by atoms with Crippen LogP contribution in [0.25, 0.3) is 11.0 Å². The first kappa shape index (κ1) is 12.4. The van der Waals surface area contributed by atoms with Gasteiger partial charge in [-0.25, -0.2) is 4.98 Å². The molecule has 1 amide bonds. The normalized spacial score (nSPS) is 10.7. The van der Waals surface area contributed by atoms with Gasteiger partial charge in [-0.15, -0.1) is 0 Å². The Balaban J connectivity index is 1.95. The van der Waals surface area contributed by atoms with Gasteiger partial charge >= 0.3 is 0 Å². The number of nitrogens with one attached hydrogen (secondary N) is 2. The Morgan fingerprint density at radius 1 is 1.25 bits per heavy atom. The van der Waals surface area contributed by atoms with E-state index in [0.717, 1.165) is 27.8 Å². The van der Waals surface area contributed by atoms with Crippen molar-refractivity contribution in [2.45, 2.75) is 13.8 Å². The summed E-state index contributed by atoms with van der Waals surface area (Å²) >= 11 is 0. The van der Waals surface area contributed by atoms with Gasteiger partial charge < -0.3 is 10.3 Å². The lowest BCUT2D eigenvalue weighted by atomic mass is 10.1. The zero-order valence-electron chi connectivity index (χ0n) is 11.4. The molecule has 4 heteroatoms. The quantitative estimate of drug-likeness (QED) is 0.745. The number of anilines is 1. The highest BCUT2D eigenvalue weighted by Gasteiger charge is 2.13. The molecule has 2 N–H and O–H groups in total. The molecule has 0 fully saturated rings. The Bertz CT molecular complexity index is 789. The second-order valence-corrected chi connectivity index (χ2v) is 4.87. The van der Waals surface area contributed by atoms with Gasteiger partial charge in [0, 0.05) is 23.5 Å². The molecule has 0 aliphatic carbocycles. The predicted molar refractivity (Wildman–Crippen MR) is 80.0 cm³/mol. The first-order valence-electron chi connectivity index (χ1n) is 6.46. The number of aromatic nitrogens is 2. The molecule has 3 rings (SSSR count). The van der Waals surface area contributed by atoms with Crippen LogP contribution in [0.1, 0.15) is 21.5 Å². The lowest BCUT2D eigenvalue weighted by Crippen LogP contribution is -2.12. The van der Waals surface area contributed by atoms with Crippen molar-refractivity contribution in [1.82, 2.24) is 9.97 Å². The van der Waals surface area contributed by atoms with Gasteiger partial charge in [0.2, 0.25) is 0 Å². The van der Waals surface area contributed by atoms with Gasteiger partial charge in [-0.2, -0.15) is 0 Å².